The highest BCUT2D eigenvalue weighted by molar-refractivity contribution is 14.1. The van der Waals surface area contributed by atoms with Crippen LogP contribution < -0.4 is 9.47 Å². The zero-order valence-corrected chi connectivity index (χ0v) is 19.8. The lowest BCUT2D eigenvalue weighted by atomic mass is 10.1. The molecule has 0 atom stereocenters. The summed E-state index contributed by atoms with van der Waals surface area (Å²) in [6.07, 6.45) is 1.87. The standard InChI is InChI=1S/C22H23IN2O3S/c1-5-27-18-11-16(12-19-21(26)25(4)22(24-3)29-19)10-17(23)20(18)28-13-15-8-6-14(2)7-9-15/h6-12H,5,13H2,1-4H3/b19-12+,24-22?. The highest BCUT2D eigenvalue weighted by Crippen LogP contribution is 2.37. The summed E-state index contributed by atoms with van der Waals surface area (Å²) < 4.78 is 12.9. The molecule has 7 heteroatoms. The summed E-state index contributed by atoms with van der Waals surface area (Å²) in [5, 5.41) is 0.694. The minimum Gasteiger partial charge on any atom is -0.490 e. The third-order valence-electron chi connectivity index (χ3n) is 4.33. The molecule has 152 valence electrons. The van der Waals surface area contributed by atoms with Crippen molar-refractivity contribution in [2.75, 3.05) is 20.7 Å². The van der Waals surface area contributed by atoms with Crippen LogP contribution in [0.15, 0.2) is 46.3 Å². The highest BCUT2D eigenvalue weighted by Gasteiger charge is 2.29. The van der Waals surface area contributed by atoms with Crippen LogP contribution in [0.3, 0.4) is 0 Å². The van der Waals surface area contributed by atoms with Gasteiger partial charge in [-0.15, -0.1) is 0 Å². The molecule has 0 unspecified atom stereocenters. The molecule has 1 aliphatic rings. The molecular formula is C22H23IN2O3S. The molecule has 0 bridgehead atoms. The Bertz CT molecular complexity index is 971. The molecule has 1 aliphatic heterocycles. The van der Waals surface area contributed by atoms with Crippen molar-refractivity contribution in [2.24, 2.45) is 4.99 Å². The molecule has 3 rings (SSSR count). The Morgan fingerprint density at radius 3 is 2.55 bits per heavy atom. The van der Waals surface area contributed by atoms with Crippen molar-refractivity contribution in [3.63, 3.8) is 0 Å². The first-order chi connectivity index (χ1) is 13.9. The van der Waals surface area contributed by atoms with Gasteiger partial charge in [-0.25, -0.2) is 0 Å². The van der Waals surface area contributed by atoms with Gasteiger partial charge in [0.05, 0.1) is 15.1 Å². The van der Waals surface area contributed by atoms with Gasteiger partial charge in [-0.2, -0.15) is 0 Å². The zero-order valence-electron chi connectivity index (χ0n) is 16.9. The molecule has 2 aromatic rings. The van der Waals surface area contributed by atoms with Crippen LogP contribution in [0.4, 0.5) is 0 Å². The smallest absolute Gasteiger partial charge is 0.266 e. The molecule has 5 nitrogen and oxygen atoms in total. The molecule has 1 heterocycles. The van der Waals surface area contributed by atoms with Gasteiger partial charge in [-0.3, -0.25) is 14.7 Å². The maximum Gasteiger partial charge on any atom is 0.266 e. The molecule has 0 aromatic heterocycles. The summed E-state index contributed by atoms with van der Waals surface area (Å²) in [5.74, 6) is 1.34. The SMILES string of the molecule is CCOc1cc(/C=C2/SC(=NC)N(C)C2=O)cc(I)c1OCc1ccc(C)cc1. The fourth-order valence-corrected chi connectivity index (χ4v) is 4.52. The Hall–Kier alpha value is -2.00. The van der Waals surface area contributed by atoms with E-state index >= 15 is 0 Å². The van der Waals surface area contributed by atoms with E-state index in [9.17, 15) is 4.79 Å². The van der Waals surface area contributed by atoms with Crippen LogP contribution in [0.25, 0.3) is 6.08 Å². The van der Waals surface area contributed by atoms with E-state index in [1.54, 1.807) is 19.0 Å². The number of hydrogen-bond acceptors (Lipinski definition) is 5. The van der Waals surface area contributed by atoms with Crippen molar-refractivity contribution in [3.05, 3.63) is 61.6 Å². The number of thioether (sulfide) groups is 1. The van der Waals surface area contributed by atoms with Crippen molar-refractivity contribution in [1.82, 2.24) is 4.90 Å². The number of aryl methyl sites for hydroxylation is 1. The number of hydrogen-bond donors (Lipinski definition) is 0. The first-order valence-corrected chi connectivity index (χ1v) is 11.1. The van der Waals surface area contributed by atoms with E-state index < -0.39 is 0 Å². The van der Waals surface area contributed by atoms with Gasteiger partial charge in [-0.1, -0.05) is 29.8 Å². The Labute approximate surface area is 189 Å². The van der Waals surface area contributed by atoms with Crippen LogP contribution >= 0.6 is 34.4 Å². The molecule has 0 aliphatic carbocycles. The van der Waals surface area contributed by atoms with Gasteiger partial charge in [0, 0.05) is 14.1 Å². The monoisotopic (exact) mass is 522 g/mol. The average Bonchev–Trinajstić information content (AvgIpc) is 2.97. The molecule has 0 spiro atoms. The van der Waals surface area contributed by atoms with E-state index in [-0.39, 0.29) is 5.91 Å². The second-order valence-electron chi connectivity index (χ2n) is 6.52. The number of amides is 1. The third kappa shape index (κ3) is 5.14. The second-order valence-corrected chi connectivity index (χ2v) is 8.69. The summed E-state index contributed by atoms with van der Waals surface area (Å²) in [5.41, 5.74) is 3.21. The lowest BCUT2D eigenvalue weighted by Crippen LogP contribution is -2.23. The number of rotatable bonds is 6. The van der Waals surface area contributed by atoms with Crippen LogP contribution in [0.5, 0.6) is 11.5 Å². The van der Waals surface area contributed by atoms with Crippen LogP contribution in [0.1, 0.15) is 23.6 Å². The van der Waals surface area contributed by atoms with Gasteiger partial charge >= 0.3 is 0 Å². The maximum atomic E-state index is 12.4. The summed E-state index contributed by atoms with van der Waals surface area (Å²) >= 11 is 3.62. The molecule has 0 N–H and O–H groups in total. The van der Waals surface area contributed by atoms with E-state index in [1.165, 1.54) is 17.3 Å². The van der Waals surface area contributed by atoms with Crippen molar-refractivity contribution < 1.29 is 14.3 Å². The van der Waals surface area contributed by atoms with Crippen LogP contribution in [0.2, 0.25) is 0 Å². The number of nitrogens with zero attached hydrogens (tertiary/aromatic N) is 2. The molecule has 1 amide bonds. The zero-order chi connectivity index (χ0) is 21.0. The first kappa shape index (κ1) is 21.7. The Kier molecular flexibility index (Phi) is 7.23. The number of benzene rings is 2. The van der Waals surface area contributed by atoms with E-state index in [2.05, 4.69) is 58.8 Å². The minimum atomic E-state index is -0.0525. The van der Waals surface area contributed by atoms with Crippen molar-refractivity contribution in [2.45, 2.75) is 20.5 Å². The molecule has 0 saturated carbocycles. The first-order valence-electron chi connectivity index (χ1n) is 9.22. The van der Waals surface area contributed by atoms with Crippen molar-refractivity contribution >= 4 is 51.5 Å². The van der Waals surface area contributed by atoms with Crippen LogP contribution in [-0.2, 0) is 11.4 Å². The number of carbonyl (C=O) groups is 1. The number of carbonyl (C=O) groups excluding carboxylic acids is 1. The number of aliphatic imine (C=N–C) groups is 1. The quantitative estimate of drug-likeness (QED) is 0.391. The van der Waals surface area contributed by atoms with Gasteiger partial charge < -0.3 is 9.47 Å². The number of halogens is 1. The van der Waals surface area contributed by atoms with E-state index in [0.717, 1.165) is 14.7 Å². The topological polar surface area (TPSA) is 51.1 Å². The minimum absolute atomic E-state index is 0.0525. The van der Waals surface area contributed by atoms with Crippen LogP contribution in [-0.4, -0.2) is 36.7 Å². The van der Waals surface area contributed by atoms with Gasteiger partial charge in [0.25, 0.3) is 5.91 Å². The van der Waals surface area contributed by atoms with Gasteiger partial charge in [0.1, 0.15) is 6.61 Å². The third-order valence-corrected chi connectivity index (χ3v) is 6.28. The molecule has 29 heavy (non-hydrogen) atoms. The summed E-state index contributed by atoms with van der Waals surface area (Å²) in [6.45, 7) is 5.00. The maximum absolute atomic E-state index is 12.4. The largest absolute Gasteiger partial charge is 0.490 e. The number of ether oxygens (including phenoxy) is 2. The molecule has 1 fully saturated rings. The molecule has 0 radical (unpaired) electrons. The Balaban J connectivity index is 1.87. The predicted octanol–water partition coefficient (Wildman–Crippen LogP) is 5.11. The number of amidine groups is 1. The lowest BCUT2D eigenvalue weighted by molar-refractivity contribution is -0.121. The Morgan fingerprint density at radius 2 is 1.93 bits per heavy atom. The van der Waals surface area contributed by atoms with Crippen LogP contribution in [0, 0.1) is 10.5 Å². The second kappa shape index (κ2) is 9.67. The molecule has 1 saturated heterocycles. The fourth-order valence-electron chi connectivity index (χ4n) is 2.81. The van der Waals surface area contributed by atoms with Crippen molar-refractivity contribution in [1.29, 1.82) is 0 Å². The summed E-state index contributed by atoms with van der Waals surface area (Å²) in [4.78, 5) is 18.8. The number of likely N-dealkylation sites (N-methyl/N-ethyl adjacent to an activating group) is 1. The van der Waals surface area contributed by atoms with Gasteiger partial charge in [-0.05, 0) is 77.5 Å². The van der Waals surface area contributed by atoms with Gasteiger partial charge in [0.2, 0.25) is 0 Å². The normalized spacial score (nSPS) is 16.7. The Morgan fingerprint density at radius 1 is 1.21 bits per heavy atom. The molecular weight excluding hydrogens is 499 g/mol. The van der Waals surface area contributed by atoms with Crippen molar-refractivity contribution in [3.8, 4) is 11.5 Å². The molecule has 2 aromatic carbocycles. The summed E-state index contributed by atoms with van der Waals surface area (Å²) in [6, 6.07) is 12.2. The highest BCUT2D eigenvalue weighted by atomic mass is 127. The lowest BCUT2D eigenvalue weighted by Gasteiger charge is -2.15. The van der Waals surface area contributed by atoms with E-state index in [4.69, 9.17) is 9.47 Å². The average molecular weight is 522 g/mol. The fraction of sp³-hybridized carbons (Fsp3) is 0.273. The predicted molar refractivity (Wildman–Crippen MR) is 128 cm³/mol. The van der Waals surface area contributed by atoms with Gasteiger partial charge in [0.15, 0.2) is 16.7 Å². The summed E-state index contributed by atoms with van der Waals surface area (Å²) in [7, 11) is 3.42. The van der Waals surface area contributed by atoms with E-state index in [1.807, 2.05) is 25.1 Å². The van der Waals surface area contributed by atoms with E-state index in [0.29, 0.717) is 34.8 Å².